The Morgan fingerprint density at radius 2 is 2.64 bits per heavy atom. The molecule has 0 saturated carbocycles. The molecule has 0 aromatic carbocycles. The highest BCUT2D eigenvalue weighted by molar-refractivity contribution is 6.31. The van der Waals surface area contributed by atoms with Gasteiger partial charge >= 0.3 is 0 Å². The monoisotopic (exact) mass is 172 g/mol. The lowest BCUT2D eigenvalue weighted by Crippen LogP contribution is -2.00. The first kappa shape index (κ1) is 8.17. The third-order valence-corrected chi connectivity index (χ3v) is 1.47. The fraction of sp³-hybridized carbons (Fsp3) is 0.143. The molecule has 1 aliphatic heterocycles. The van der Waals surface area contributed by atoms with E-state index in [4.69, 9.17) is 16.8 Å². The van der Waals surface area contributed by atoms with E-state index in [1.165, 1.54) is 6.20 Å². The topological polar surface area (TPSA) is 44.3 Å². The predicted octanol–water partition coefficient (Wildman–Crippen LogP) is 1.09. The van der Waals surface area contributed by atoms with E-state index in [1.54, 1.807) is 6.08 Å². The number of hydrogen-bond donors (Lipinski definition) is 3. The van der Waals surface area contributed by atoms with Gasteiger partial charge in [0.15, 0.2) is 0 Å². The van der Waals surface area contributed by atoms with Crippen LogP contribution in [0.5, 0.6) is 0 Å². The Kier molecular flexibility index (Phi) is 3.01. The Labute approximate surface area is 70.0 Å². The second-order valence-corrected chi connectivity index (χ2v) is 2.53. The molecule has 1 heterocycles. The van der Waals surface area contributed by atoms with Crippen LogP contribution >= 0.6 is 11.6 Å². The minimum Gasteiger partial charge on any atom is -0.387 e. The molecule has 0 atom stereocenters. The molecular weight excluding hydrogens is 164 g/mol. The van der Waals surface area contributed by atoms with Gasteiger partial charge in [0.2, 0.25) is 0 Å². The van der Waals surface area contributed by atoms with E-state index in [9.17, 15) is 0 Å². The Morgan fingerprint density at radius 1 is 1.82 bits per heavy atom. The number of rotatable bonds is 2. The molecule has 11 heavy (non-hydrogen) atoms. The van der Waals surface area contributed by atoms with E-state index < -0.39 is 0 Å². The summed E-state index contributed by atoms with van der Waals surface area (Å²) in [4.78, 5) is 0. The van der Waals surface area contributed by atoms with Gasteiger partial charge in [0, 0.05) is 12.7 Å². The molecule has 0 aliphatic carbocycles. The number of halogens is 1. The second kappa shape index (κ2) is 4.05. The minimum absolute atomic E-state index is 0.468. The quantitative estimate of drug-likeness (QED) is 0.547. The summed E-state index contributed by atoms with van der Waals surface area (Å²) in [6, 6.07) is 0. The van der Waals surface area contributed by atoms with Crippen LogP contribution in [0.1, 0.15) is 0 Å². The Morgan fingerprint density at radius 3 is 3.18 bits per heavy atom. The van der Waals surface area contributed by atoms with Crippen LogP contribution in [0.25, 0.3) is 0 Å². The summed E-state index contributed by atoms with van der Waals surface area (Å²) >= 11 is 5.66. The molecular formula is C7H9ClN2O. The van der Waals surface area contributed by atoms with Crippen LogP contribution in [0.3, 0.4) is 0 Å². The van der Waals surface area contributed by atoms with Crippen molar-refractivity contribution >= 4 is 11.6 Å². The highest BCUT2D eigenvalue weighted by Gasteiger charge is 1.97. The van der Waals surface area contributed by atoms with Crippen molar-refractivity contribution in [2.75, 3.05) is 6.54 Å². The first-order valence-electron chi connectivity index (χ1n) is 3.19. The lowest BCUT2D eigenvalue weighted by Gasteiger charge is -1.93. The zero-order valence-corrected chi connectivity index (χ0v) is 6.60. The summed E-state index contributed by atoms with van der Waals surface area (Å²) in [6.45, 7) is 0.787. The van der Waals surface area contributed by atoms with Crippen LogP contribution in [0, 0.1) is 0 Å². The third-order valence-electron chi connectivity index (χ3n) is 1.25. The first-order valence-corrected chi connectivity index (χ1v) is 3.56. The molecule has 3 nitrogen and oxygen atoms in total. The number of allylic oxidation sites excluding steroid dienone is 2. The van der Waals surface area contributed by atoms with E-state index in [1.807, 2.05) is 17.8 Å². The van der Waals surface area contributed by atoms with E-state index in [0.717, 1.165) is 12.1 Å². The van der Waals surface area contributed by atoms with Gasteiger partial charge in [-0.1, -0.05) is 11.6 Å². The van der Waals surface area contributed by atoms with E-state index >= 15 is 0 Å². The van der Waals surface area contributed by atoms with Gasteiger partial charge in [0.1, 0.15) is 0 Å². The molecule has 0 saturated heterocycles. The van der Waals surface area contributed by atoms with Crippen LogP contribution < -0.4 is 10.8 Å². The molecule has 1 rings (SSSR count). The standard InChI is InChI=1S/C7H9ClN2O/c8-7(5-10-11)3-6-1-2-9-4-6/h1-3,5,9-11H,4H2/b6-3-,7-5+. The van der Waals surface area contributed by atoms with Crippen molar-refractivity contribution in [3.63, 3.8) is 0 Å². The Hall–Kier alpha value is -0.930. The molecule has 0 fully saturated rings. The zero-order valence-electron chi connectivity index (χ0n) is 5.84. The molecule has 0 amide bonds. The number of nitrogens with one attached hydrogen (secondary N) is 2. The highest BCUT2D eigenvalue weighted by Crippen LogP contribution is 2.09. The molecule has 0 aromatic heterocycles. The van der Waals surface area contributed by atoms with Crippen molar-refractivity contribution in [3.05, 3.63) is 35.2 Å². The van der Waals surface area contributed by atoms with Crippen molar-refractivity contribution in [1.82, 2.24) is 10.8 Å². The molecule has 1 aliphatic rings. The molecule has 3 N–H and O–H groups in total. The highest BCUT2D eigenvalue weighted by atomic mass is 35.5. The molecule has 0 aromatic rings. The van der Waals surface area contributed by atoms with Crippen LogP contribution in [0.15, 0.2) is 35.2 Å². The van der Waals surface area contributed by atoms with Crippen LogP contribution in [0.4, 0.5) is 0 Å². The van der Waals surface area contributed by atoms with E-state index in [2.05, 4.69) is 5.32 Å². The van der Waals surface area contributed by atoms with Crippen molar-refractivity contribution in [3.8, 4) is 0 Å². The number of hydroxylamine groups is 1. The van der Waals surface area contributed by atoms with Crippen molar-refractivity contribution < 1.29 is 5.21 Å². The minimum atomic E-state index is 0.468. The van der Waals surface area contributed by atoms with E-state index in [-0.39, 0.29) is 0 Å². The van der Waals surface area contributed by atoms with Crippen molar-refractivity contribution in [1.29, 1.82) is 0 Å². The van der Waals surface area contributed by atoms with Crippen molar-refractivity contribution in [2.45, 2.75) is 0 Å². The molecule has 0 unspecified atom stereocenters. The predicted molar refractivity (Wildman–Crippen MR) is 44.1 cm³/mol. The Bertz CT molecular complexity index is 220. The molecule has 0 bridgehead atoms. The second-order valence-electron chi connectivity index (χ2n) is 2.09. The normalized spacial score (nSPS) is 20.5. The maximum atomic E-state index is 8.24. The SMILES string of the molecule is ON/C=C(Cl)\C=C1\C=CNC1. The molecule has 4 heteroatoms. The summed E-state index contributed by atoms with van der Waals surface area (Å²) < 4.78 is 0. The van der Waals surface area contributed by atoms with Gasteiger partial charge in [-0.25, -0.2) is 0 Å². The van der Waals surface area contributed by atoms with Gasteiger partial charge < -0.3 is 5.32 Å². The fourth-order valence-electron chi connectivity index (χ4n) is 0.781. The summed E-state index contributed by atoms with van der Waals surface area (Å²) in [5, 5.41) is 11.7. The lowest BCUT2D eigenvalue weighted by atomic mass is 10.3. The zero-order chi connectivity index (χ0) is 8.10. The lowest BCUT2D eigenvalue weighted by molar-refractivity contribution is 0.214. The molecule has 0 radical (unpaired) electrons. The molecule has 60 valence electrons. The largest absolute Gasteiger partial charge is 0.387 e. The number of hydrogen-bond acceptors (Lipinski definition) is 3. The van der Waals surface area contributed by atoms with Crippen molar-refractivity contribution in [2.24, 2.45) is 0 Å². The van der Waals surface area contributed by atoms with Crippen LogP contribution in [-0.4, -0.2) is 11.8 Å². The van der Waals surface area contributed by atoms with Gasteiger partial charge in [0.25, 0.3) is 0 Å². The Balaban J connectivity index is 2.57. The summed E-state index contributed by atoms with van der Waals surface area (Å²) in [7, 11) is 0. The van der Waals surface area contributed by atoms with Crippen LogP contribution in [-0.2, 0) is 0 Å². The summed E-state index contributed by atoms with van der Waals surface area (Å²) in [5.74, 6) is 0. The van der Waals surface area contributed by atoms with Gasteiger partial charge in [0.05, 0.1) is 5.03 Å². The summed E-state index contributed by atoms with van der Waals surface area (Å²) in [6.07, 6.45) is 6.85. The average Bonchev–Trinajstić information content (AvgIpc) is 2.40. The van der Waals surface area contributed by atoms with E-state index in [0.29, 0.717) is 5.03 Å². The first-order chi connectivity index (χ1) is 5.33. The maximum Gasteiger partial charge on any atom is 0.0589 e. The molecule has 0 spiro atoms. The average molecular weight is 173 g/mol. The van der Waals surface area contributed by atoms with Gasteiger partial charge in [-0.3, -0.25) is 10.7 Å². The van der Waals surface area contributed by atoms with Gasteiger partial charge in [-0.15, -0.1) is 0 Å². The van der Waals surface area contributed by atoms with Gasteiger partial charge in [-0.2, -0.15) is 0 Å². The maximum absolute atomic E-state index is 8.24. The smallest absolute Gasteiger partial charge is 0.0589 e. The summed E-state index contributed by atoms with van der Waals surface area (Å²) in [5.41, 5.74) is 2.94. The van der Waals surface area contributed by atoms with Crippen LogP contribution in [0.2, 0.25) is 0 Å². The fourth-order valence-corrected chi connectivity index (χ4v) is 0.970. The third kappa shape index (κ3) is 2.65. The van der Waals surface area contributed by atoms with Gasteiger partial charge in [-0.05, 0) is 23.9 Å².